The maximum Gasteiger partial charge on any atom is 0.0798 e. The molecule has 3 heteroatoms. The Bertz CT molecular complexity index is 216. The Morgan fingerprint density at radius 3 is 3.20 bits per heavy atom. The summed E-state index contributed by atoms with van der Waals surface area (Å²) >= 11 is 4.99. The van der Waals surface area contributed by atoms with Crippen LogP contribution in [0, 0.1) is 0 Å². The minimum absolute atomic E-state index is 0.921. The van der Waals surface area contributed by atoms with Crippen LogP contribution in [-0.2, 0) is 0 Å². The summed E-state index contributed by atoms with van der Waals surface area (Å²) in [5.74, 6) is 0. The first-order chi connectivity index (χ1) is 4.83. The second-order valence-corrected chi connectivity index (χ2v) is 3.32. The number of thiazole rings is 1. The molecule has 1 rings (SSSR count). The number of alkyl halides is 1. The lowest BCUT2D eigenvalue weighted by molar-refractivity contribution is 1.36. The quantitative estimate of drug-likeness (QED) is 0.695. The summed E-state index contributed by atoms with van der Waals surface area (Å²) in [6.07, 6.45) is 2.07. The standard InChI is InChI=1S/C7H8BrNS/c1-6(3-8)2-7-4-10-5-9-7/h2,4-5H,3H2,1H3/b6-2+. The molecular formula is C7H8BrNS. The van der Waals surface area contributed by atoms with Gasteiger partial charge in [0, 0.05) is 10.7 Å². The number of nitrogens with zero attached hydrogens (tertiary/aromatic N) is 1. The molecule has 1 aromatic rings. The molecule has 1 aromatic heterocycles. The van der Waals surface area contributed by atoms with E-state index in [9.17, 15) is 0 Å². The van der Waals surface area contributed by atoms with Crippen LogP contribution in [0.4, 0.5) is 0 Å². The van der Waals surface area contributed by atoms with E-state index in [2.05, 4.69) is 33.9 Å². The Balaban J connectivity index is 2.71. The van der Waals surface area contributed by atoms with Crippen LogP contribution in [0.1, 0.15) is 12.6 Å². The number of hydrogen-bond donors (Lipinski definition) is 0. The van der Waals surface area contributed by atoms with Crippen LogP contribution in [0.15, 0.2) is 16.5 Å². The Labute approximate surface area is 72.9 Å². The van der Waals surface area contributed by atoms with Crippen LogP contribution in [0.3, 0.4) is 0 Å². The summed E-state index contributed by atoms with van der Waals surface area (Å²) < 4.78 is 0. The van der Waals surface area contributed by atoms with Gasteiger partial charge in [0.1, 0.15) is 0 Å². The molecule has 0 atom stereocenters. The number of aromatic nitrogens is 1. The fraction of sp³-hybridized carbons (Fsp3) is 0.286. The van der Waals surface area contributed by atoms with E-state index in [1.165, 1.54) is 5.57 Å². The van der Waals surface area contributed by atoms with Gasteiger partial charge in [0.05, 0.1) is 11.2 Å². The predicted octanol–water partition coefficient (Wildman–Crippen LogP) is 2.94. The van der Waals surface area contributed by atoms with Crippen molar-refractivity contribution in [3.05, 3.63) is 22.2 Å². The van der Waals surface area contributed by atoms with Crippen LogP contribution in [0.25, 0.3) is 6.08 Å². The third-order valence-corrected chi connectivity index (χ3v) is 2.55. The van der Waals surface area contributed by atoms with Gasteiger partial charge in [-0.15, -0.1) is 11.3 Å². The van der Waals surface area contributed by atoms with Gasteiger partial charge in [-0.1, -0.05) is 21.5 Å². The van der Waals surface area contributed by atoms with Crippen molar-refractivity contribution < 1.29 is 0 Å². The lowest BCUT2D eigenvalue weighted by atomic mass is 10.3. The smallest absolute Gasteiger partial charge is 0.0798 e. The monoisotopic (exact) mass is 217 g/mol. The van der Waals surface area contributed by atoms with Crippen LogP contribution >= 0.6 is 27.3 Å². The molecule has 0 unspecified atom stereocenters. The van der Waals surface area contributed by atoms with Crippen molar-refractivity contribution in [3.63, 3.8) is 0 Å². The normalized spacial score (nSPS) is 12.0. The summed E-state index contributed by atoms with van der Waals surface area (Å²) in [6.45, 7) is 2.08. The molecule has 0 aliphatic rings. The van der Waals surface area contributed by atoms with E-state index in [1.54, 1.807) is 11.3 Å². The van der Waals surface area contributed by atoms with Gasteiger partial charge >= 0.3 is 0 Å². The molecule has 0 saturated carbocycles. The van der Waals surface area contributed by atoms with E-state index in [-0.39, 0.29) is 0 Å². The van der Waals surface area contributed by atoms with Gasteiger partial charge in [-0.25, -0.2) is 4.98 Å². The maximum atomic E-state index is 4.13. The van der Waals surface area contributed by atoms with Gasteiger partial charge < -0.3 is 0 Å². The molecule has 10 heavy (non-hydrogen) atoms. The van der Waals surface area contributed by atoms with E-state index < -0.39 is 0 Å². The van der Waals surface area contributed by atoms with Gasteiger partial charge in [0.2, 0.25) is 0 Å². The van der Waals surface area contributed by atoms with Crippen LogP contribution < -0.4 is 0 Å². The highest BCUT2D eigenvalue weighted by atomic mass is 79.9. The molecule has 0 fully saturated rings. The minimum atomic E-state index is 0.921. The number of allylic oxidation sites excluding steroid dienone is 1. The van der Waals surface area contributed by atoms with E-state index >= 15 is 0 Å². The predicted molar refractivity (Wildman–Crippen MR) is 49.6 cm³/mol. The molecule has 0 aliphatic heterocycles. The lowest BCUT2D eigenvalue weighted by Crippen LogP contribution is -1.76. The highest BCUT2D eigenvalue weighted by Crippen LogP contribution is 2.08. The molecule has 0 aromatic carbocycles. The fourth-order valence-electron chi connectivity index (χ4n) is 0.584. The Kier molecular flexibility index (Phi) is 3.09. The molecule has 0 radical (unpaired) electrons. The molecule has 54 valence electrons. The molecule has 0 amide bonds. The molecule has 0 spiro atoms. The zero-order valence-corrected chi connectivity index (χ0v) is 8.08. The molecule has 1 nitrogen and oxygen atoms in total. The molecule has 0 bridgehead atoms. The average molecular weight is 218 g/mol. The number of rotatable bonds is 2. The molecule has 0 aliphatic carbocycles. The SMILES string of the molecule is C/C(=C\c1cscn1)CBr. The van der Waals surface area contributed by atoms with Gasteiger partial charge in [0.25, 0.3) is 0 Å². The van der Waals surface area contributed by atoms with Crippen molar-refractivity contribution in [1.82, 2.24) is 4.98 Å². The van der Waals surface area contributed by atoms with Crippen molar-refractivity contribution in [2.45, 2.75) is 6.92 Å². The highest BCUT2D eigenvalue weighted by Gasteiger charge is 1.89. The van der Waals surface area contributed by atoms with Crippen molar-refractivity contribution in [2.24, 2.45) is 0 Å². The Morgan fingerprint density at radius 1 is 1.90 bits per heavy atom. The number of halogens is 1. The van der Waals surface area contributed by atoms with Crippen LogP contribution in [0.5, 0.6) is 0 Å². The van der Waals surface area contributed by atoms with Crippen LogP contribution in [-0.4, -0.2) is 10.3 Å². The third-order valence-electron chi connectivity index (χ3n) is 1.06. The second-order valence-electron chi connectivity index (χ2n) is 2.04. The summed E-state index contributed by atoms with van der Waals surface area (Å²) in [5.41, 5.74) is 4.20. The largest absolute Gasteiger partial charge is 0.245 e. The maximum absolute atomic E-state index is 4.13. The van der Waals surface area contributed by atoms with Crippen molar-refractivity contribution in [3.8, 4) is 0 Å². The van der Waals surface area contributed by atoms with Gasteiger partial charge in [-0.2, -0.15) is 0 Å². The molecular weight excluding hydrogens is 210 g/mol. The number of hydrogen-bond acceptors (Lipinski definition) is 2. The van der Waals surface area contributed by atoms with E-state index in [1.807, 2.05) is 10.9 Å². The van der Waals surface area contributed by atoms with Gasteiger partial charge in [0.15, 0.2) is 0 Å². The van der Waals surface area contributed by atoms with E-state index in [0.29, 0.717) is 0 Å². The van der Waals surface area contributed by atoms with Crippen molar-refractivity contribution in [2.75, 3.05) is 5.33 Å². The first-order valence-corrected chi connectivity index (χ1v) is 5.00. The third kappa shape index (κ3) is 2.23. The molecule has 1 heterocycles. The topological polar surface area (TPSA) is 12.9 Å². The lowest BCUT2D eigenvalue weighted by Gasteiger charge is -1.88. The summed E-state index contributed by atoms with van der Waals surface area (Å²) in [4.78, 5) is 4.13. The van der Waals surface area contributed by atoms with Crippen LogP contribution in [0.2, 0.25) is 0 Å². The Morgan fingerprint density at radius 2 is 2.70 bits per heavy atom. The summed E-state index contributed by atoms with van der Waals surface area (Å²) in [6, 6.07) is 0. The van der Waals surface area contributed by atoms with Crippen molar-refractivity contribution >= 4 is 33.3 Å². The zero-order valence-electron chi connectivity index (χ0n) is 5.67. The minimum Gasteiger partial charge on any atom is -0.245 e. The second kappa shape index (κ2) is 3.88. The van der Waals surface area contributed by atoms with Gasteiger partial charge in [-0.05, 0) is 13.0 Å². The van der Waals surface area contributed by atoms with Crippen molar-refractivity contribution in [1.29, 1.82) is 0 Å². The first kappa shape index (κ1) is 7.95. The highest BCUT2D eigenvalue weighted by molar-refractivity contribution is 9.09. The molecule has 0 saturated heterocycles. The van der Waals surface area contributed by atoms with E-state index in [0.717, 1.165) is 11.0 Å². The summed E-state index contributed by atoms with van der Waals surface area (Å²) in [7, 11) is 0. The fourth-order valence-corrected chi connectivity index (χ4v) is 1.26. The first-order valence-electron chi connectivity index (χ1n) is 2.94. The zero-order chi connectivity index (χ0) is 7.40. The summed E-state index contributed by atoms with van der Waals surface area (Å²) in [5, 5.41) is 2.96. The van der Waals surface area contributed by atoms with E-state index in [4.69, 9.17) is 0 Å². The molecule has 0 N–H and O–H groups in total. The van der Waals surface area contributed by atoms with Gasteiger partial charge in [-0.3, -0.25) is 0 Å². The Hall–Kier alpha value is -0.150. The average Bonchev–Trinajstić information content (AvgIpc) is 2.40.